The van der Waals surface area contributed by atoms with E-state index >= 15 is 0 Å². The Labute approximate surface area is 164 Å². The number of halogens is 8. The molecule has 0 fully saturated rings. The lowest BCUT2D eigenvalue weighted by Crippen LogP contribution is -2.25. The molecule has 3 aromatic rings. The van der Waals surface area contributed by atoms with Gasteiger partial charge in [-0.1, -0.05) is 24.3 Å². The van der Waals surface area contributed by atoms with E-state index in [0.717, 1.165) is 24.3 Å². The summed E-state index contributed by atoms with van der Waals surface area (Å²) in [6.07, 6.45) is -9.27. The van der Waals surface area contributed by atoms with Gasteiger partial charge in [-0.3, -0.25) is 0 Å². The van der Waals surface area contributed by atoms with Gasteiger partial charge < -0.3 is 9.47 Å². The Morgan fingerprint density at radius 3 is 1.37 bits per heavy atom. The van der Waals surface area contributed by atoms with Gasteiger partial charge in [0, 0.05) is 12.1 Å². The van der Waals surface area contributed by atoms with Gasteiger partial charge in [0.2, 0.25) is 0 Å². The van der Waals surface area contributed by atoms with Crippen molar-refractivity contribution in [2.45, 2.75) is 12.5 Å². The lowest BCUT2D eigenvalue weighted by Gasteiger charge is -2.19. The van der Waals surface area contributed by atoms with Crippen molar-refractivity contribution < 1.29 is 44.6 Å². The summed E-state index contributed by atoms with van der Waals surface area (Å²) < 4.78 is 113. The lowest BCUT2D eigenvalue weighted by molar-refractivity contribution is -0.274. The van der Waals surface area contributed by atoms with Crippen LogP contribution in [0.3, 0.4) is 0 Å². The zero-order chi connectivity index (χ0) is 22.1. The van der Waals surface area contributed by atoms with Gasteiger partial charge in [-0.15, -0.1) is 13.2 Å². The van der Waals surface area contributed by atoms with Gasteiger partial charge in [0.05, 0.1) is 0 Å². The fraction of sp³-hybridized carbons (Fsp3) is 0.100. The zero-order valence-corrected chi connectivity index (χ0v) is 14.6. The van der Waals surface area contributed by atoms with Gasteiger partial charge in [-0.2, -0.15) is 8.78 Å². The van der Waals surface area contributed by atoms with E-state index in [9.17, 15) is 35.1 Å². The van der Waals surface area contributed by atoms with Crippen molar-refractivity contribution in [3.05, 3.63) is 83.7 Å². The van der Waals surface area contributed by atoms with Gasteiger partial charge in [0.15, 0.2) is 0 Å². The Morgan fingerprint density at radius 1 is 0.567 bits per heavy atom. The molecule has 3 rings (SSSR count). The molecular formula is C20H10F8O2. The minimum atomic E-state index is -4.84. The number of rotatable bonds is 5. The summed E-state index contributed by atoms with van der Waals surface area (Å²) >= 11 is 0. The van der Waals surface area contributed by atoms with Crippen LogP contribution in [0.15, 0.2) is 60.7 Å². The van der Waals surface area contributed by atoms with Gasteiger partial charge in [-0.05, 0) is 35.4 Å². The summed E-state index contributed by atoms with van der Waals surface area (Å²) in [5, 5.41) is 0. The molecule has 0 amide bonds. The van der Waals surface area contributed by atoms with Crippen molar-refractivity contribution >= 4 is 0 Å². The second kappa shape index (κ2) is 7.85. The molecule has 0 saturated carbocycles. The second-order valence-corrected chi connectivity index (χ2v) is 5.96. The molecule has 0 saturated heterocycles. The molecule has 0 spiro atoms. The van der Waals surface area contributed by atoms with Gasteiger partial charge >= 0.3 is 12.5 Å². The third-order valence-corrected chi connectivity index (χ3v) is 3.82. The van der Waals surface area contributed by atoms with Crippen molar-refractivity contribution in [1.29, 1.82) is 0 Å². The molecule has 10 heteroatoms. The van der Waals surface area contributed by atoms with Gasteiger partial charge in [0.1, 0.15) is 34.5 Å². The lowest BCUT2D eigenvalue weighted by atomic mass is 10.1. The topological polar surface area (TPSA) is 18.5 Å². The predicted molar refractivity (Wildman–Crippen MR) is 89.4 cm³/mol. The summed E-state index contributed by atoms with van der Waals surface area (Å²) in [6.45, 7) is 0. The summed E-state index contributed by atoms with van der Waals surface area (Å²) in [4.78, 5) is 0. The largest absolute Gasteiger partial charge is 0.573 e. The Bertz CT molecular complexity index is 1010. The van der Waals surface area contributed by atoms with E-state index in [-0.39, 0.29) is 12.1 Å². The molecule has 0 aliphatic rings. The standard InChI is InChI=1S/C20H10F8O2/c21-13-9-16(22)18(17(23)10-13)19(24,25)29-14-5-1-11(2-6-14)12-3-7-15(8-4-12)30-20(26,27)28/h1-10H. The van der Waals surface area contributed by atoms with E-state index < -0.39 is 47.0 Å². The zero-order valence-electron chi connectivity index (χ0n) is 14.6. The molecule has 0 atom stereocenters. The van der Waals surface area contributed by atoms with Crippen molar-refractivity contribution in [3.8, 4) is 22.6 Å². The highest BCUT2D eigenvalue weighted by Gasteiger charge is 2.41. The minimum Gasteiger partial charge on any atom is -0.429 e. The first-order valence-electron chi connectivity index (χ1n) is 8.13. The molecule has 0 N–H and O–H groups in total. The quantitative estimate of drug-likeness (QED) is 0.412. The van der Waals surface area contributed by atoms with Crippen LogP contribution in [0.25, 0.3) is 11.1 Å². The Kier molecular flexibility index (Phi) is 5.60. The maximum Gasteiger partial charge on any atom is 0.573 e. The monoisotopic (exact) mass is 434 g/mol. The third kappa shape index (κ3) is 5.00. The van der Waals surface area contributed by atoms with Gasteiger partial charge in [-0.25, -0.2) is 13.2 Å². The summed E-state index contributed by atoms with van der Waals surface area (Å²) in [7, 11) is 0. The normalized spacial score (nSPS) is 12.0. The van der Waals surface area contributed by atoms with Crippen LogP contribution in [0.1, 0.15) is 5.56 Å². The number of benzene rings is 3. The Balaban J connectivity index is 1.77. The van der Waals surface area contributed by atoms with Crippen molar-refractivity contribution in [1.82, 2.24) is 0 Å². The SMILES string of the molecule is Fc1cc(F)c(C(F)(F)Oc2ccc(-c3ccc(OC(F)(F)F)cc3)cc2)c(F)c1. The first-order chi connectivity index (χ1) is 13.9. The van der Waals surface area contributed by atoms with Gasteiger partial charge in [0.25, 0.3) is 0 Å². The highest BCUT2D eigenvalue weighted by Crippen LogP contribution is 2.36. The fourth-order valence-electron chi connectivity index (χ4n) is 2.58. The van der Waals surface area contributed by atoms with Crippen LogP contribution in [0.4, 0.5) is 35.1 Å². The van der Waals surface area contributed by atoms with E-state index in [1.165, 1.54) is 24.3 Å². The molecule has 3 aromatic carbocycles. The van der Waals surface area contributed by atoms with E-state index in [2.05, 4.69) is 9.47 Å². The summed E-state index contributed by atoms with van der Waals surface area (Å²) in [5.74, 6) is -5.87. The molecule has 158 valence electrons. The van der Waals surface area contributed by atoms with Crippen LogP contribution in [0.5, 0.6) is 11.5 Å². The van der Waals surface area contributed by atoms with Crippen molar-refractivity contribution in [3.63, 3.8) is 0 Å². The molecule has 30 heavy (non-hydrogen) atoms. The molecule has 0 heterocycles. The van der Waals surface area contributed by atoms with Crippen LogP contribution < -0.4 is 9.47 Å². The molecule has 0 aliphatic heterocycles. The van der Waals surface area contributed by atoms with E-state index in [0.29, 0.717) is 11.1 Å². The predicted octanol–water partition coefficient (Wildman–Crippen LogP) is 6.80. The van der Waals surface area contributed by atoms with Crippen LogP contribution in [-0.4, -0.2) is 6.36 Å². The number of ether oxygens (including phenoxy) is 2. The molecule has 0 aromatic heterocycles. The maximum atomic E-state index is 14.2. The number of hydrogen-bond donors (Lipinski definition) is 0. The van der Waals surface area contributed by atoms with Crippen LogP contribution in [-0.2, 0) is 6.11 Å². The van der Waals surface area contributed by atoms with Crippen molar-refractivity contribution in [2.75, 3.05) is 0 Å². The molecule has 0 bridgehead atoms. The maximum absolute atomic E-state index is 14.2. The van der Waals surface area contributed by atoms with Crippen LogP contribution in [0, 0.1) is 17.5 Å². The highest BCUT2D eigenvalue weighted by molar-refractivity contribution is 5.64. The minimum absolute atomic E-state index is 0.102. The second-order valence-electron chi connectivity index (χ2n) is 5.96. The van der Waals surface area contributed by atoms with Crippen LogP contribution >= 0.6 is 0 Å². The average molecular weight is 434 g/mol. The highest BCUT2D eigenvalue weighted by atomic mass is 19.4. The van der Waals surface area contributed by atoms with Crippen molar-refractivity contribution in [2.24, 2.45) is 0 Å². The fourth-order valence-corrected chi connectivity index (χ4v) is 2.58. The molecule has 2 nitrogen and oxygen atoms in total. The Morgan fingerprint density at radius 2 is 0.967 bits per heavy atom. The average Bonchev–Trinajstić information content (AvgIpc) is 2.60. The first-order valence-corrected chi connectivity index (χ1v) is 8.13. The molecule has 0 aliphatic carbocycles. The summed E-state index contributed by atoms with van der Waals surface area (Å²) in [5.41, 5.74) is -0.866. The molecular weight excluding hydrogens is 424 g/mol. The van der Waals surface area contributed by atoms with E-state index in [1.54, 1.807) is 0 Å². The van der Waals surface area contributed by atoms with Crippen LogP contribution in [0.2, 0.25) is 0 Å². The summed E-state index contributed by atoms with van der Waals surface area (Å²) in [6, 6.07) is 9.73. The molecule has 0 unspecified atom stereocenters. The smallest absolute Gasteiger partial charge is 0.429 e. The van der Waals surface area contributed by atoms with E-state index in [4.69, 9.17) is 0 Å². The first kappa shape index (κ1) is 21.4. The number of hydrogen-bond acceptors (Lipinski definition) is 2. The number of alkyl halides is 5. The third-order valence-electron chi connectivity index (χ3n) is 3.82. The Hall–Kier alpha value is -3.30. The van der Waals surface area contributed by atoms with E-state index in [1.807, 2.05) is 0 Å². The molecule has 0 radical (unpaired) electrons.